The van der Waals surface area contributed by atoms with E-state index in [2.05, 4.69) is 23.3 Å². The molecular weight excluding hydrogens is 635 g/mol. The quantitative estimate of drug-likeness (QED) is 0.287. The second kappa shape index (κ2) is 13.9. The van der Waals surface area contributed by atoms with Crippen molar-refractivity contribution in [2.75, 3.05) is 13.2 Å². The van der Waals surface area contributed by atoms with Gasteiger partial charge in [-0.25, -0.2) is 9.59 Å². The van der Waals surface area contributed by atoms with E-state index in [4.69, 9.17) is 9.47 Å². The molecule has 3 aliphatic heterocycles. The average molecular weight is 687 g/mol. The molecule has 264 valence electrons. The first-order chi connectivity index (χ1) is 22.6. The Morgan fingerprint density at radius 3 is 2.52 bits per heavy atom. The number of fused-ring (bicyclic) bond motifs is 3. The Hall–Kier alpha value is -3.37. The van der Waals surface area contributed by atoms with Gasteiger partial charge in [-0.15, -0.1) is 6.58 Å². The standard InChI is InChI=1S/C35H51N4O8P/c1-7-25-18-35(25,48(44,45)22(2)3)37-30(40)28-17-26-20-39(28)31(41)29(34(4,5)6)36-32(42)46-16-11-9-8-10-13-23-14-12-15-24-19-38(21-27(23)24)33(43)47-26/h7,12,14-15,22,25-26,28-29H,1,8-11,13,16-21H2,2-6H3,(H,36,42)(H,37,40)(H,44,45)/t25-,26+,28-,29+,35-/m0/s1. The summed E-state index contributed by atoms with van der Waals surface area (Å²) in [6.45, 7) is 13.4. The van der Waals surface area contributed by atoms with Gasteiger partial charge in [-0.1, -0.05) is 71.7 Å². The van der Waals surface area contributed by atoms with Gasteiger partial charge in [0.2, 0.25) is 19.2 Å². The number of cyclic esters (lactones) is 1. The summed E-state index contributed by atoms with van der Waals surface area (Å²) in [5.74, 6) is -1.56. The van der Waals surface area contributed by atoms with Crippen molar-refractivity contribution in [1.29, 1.82) is 0 Å². The van der Waals surface area contributed by atoms with Gasteiger partial charge in [-0.05, 0) is 47.8 Å². The summed E-state index contributed by atoms with van der Waals surface area (Å²) in [7, 11) is -3.90. The maximum Gasteiger partial charge on any atom is 0.410 e. The molecule has 0 aromatic heterocycles. The molecule has 3 heterocycles. The molecule has 12 nitrogen and oxygen atoms in total. The van der Waals surface area contributed by atoms with Crippen molar-refractivity contribution in [3.63, 3.8) is 0 Å². The Kier molecular flexibility index (Phi) is 10.4. The smallest absolute Gasteiger partial charge is 0.410 e. The van der Waals surface area contributed by atoms with E-state index in [-0.39, 0.29) is 26.0 Å². The van der Waals surface area contributed by atoms with E-state index in [1.54, 1.807) is 45.6 Å². The molecule has 0 spiro atoms. The Morgan fingerprint density at radius 2 is 1.85 bits per heavy atom. The van der Waals surface area contributed by atoms with Crippen molar-refractivity contribution in [3.05, 3.63) is 47.5 Å². The van der Waals surface area contributed by atoms with Crippen LogP contribution in [0.25, 0.3) is 0 Å². The van der Waals surface area contributed by atoms with Gasteiger partial charge < -0.3 is 29.9 Å². The van der Waals surface area contributed by atoms with Gasteiger partial charge in [-0.2, -0.15) is 0 Å². The zero-order valence-corrected chi connectivity index (χ0v) is 29.7. The number of hydrogen-bond donors (Lipinski definition) is 3. The normalized spacial score (nSPS) is 29.8. The number of nitrogens with one attached hydrogen (secondary N) is 2. The number of ether oxygens (including phenoxy) is 2. The highest BCUT2D eigenvalue weighted by atomic mass is 31.2. The molecule has 1 saturated heterocycles. The third-order valence-electron chi connectivity index (χ3n) is 10.3. The molecule has 5 rings (SSSR count). The molecule has 6 atom stereocenters. The zero-order chi connectivity index (χ0) is 35.0. The van der Waals surface area contributed by atoms with Gasteiger partial charge in [0.1, 0.15) is 23.5 Å². The van der Waals surface area contributed by atoms with Gasteiger partial charge >= 0.3 is 12.2 Å². The Morgan fingerprint density at radius 1 is 1.15 bits per heavy atom. The van der Waals surface area contributed by atoms with E-state index >= 15 is 0 Å². The second-order valence-electron chi connectivity index (χ2n) is 15.1. The van der Waals surface area contributed by atoms with Crippen LogP contribution in [-0.2, 0) is 43.1 Å². The number of amides is 4. The highest BCUT2D eigenvalue weighted by Gasteiger charge is 2.66. The number of rotatable bonds is 5. The van der Waals surface area contributed by atoms with E-state index in [0.29, 0.717) is 19.5 Å². The Balaban J connectivity index is 1.44. The molecule has 4 aliphatic rings. The van der Waals surface area contributed by atoms with Crippen LogP contribution in [0.5, 0.6) is 0 Å². The SMILES string of the molecule is C=C[C@H]1C[C@]1(NC(=O)[C@@H]1C[C@@H]2CN1C(=O)[C@H](C(C)(C)C)NC(=O)OCCCCCCc1cccc3c1CN(C3)C(=O)O2)P(=O)(O)C(C)C. The monoisotopic (exact) mass is 686 g/mol. The first-order valence-electron chi connectivity index (χ1n) is 17.1. The highest BCUT2D eigenvalue weighted by Crippen LogP contribution is 2.71. The van der Waals surface area contributed by atoms with Crippen molar-refractivity contribution in [2.24, 2.45) is 11.3 Å². The summed E-state index contributed by atoms with van der Waals surface area (Å²) in [5.41, 5.74) is 2.01. The predicted octanol–water partition coefficient (Wildman–Crippen LogP) is 5.06. The predicted molar refractivity (Wildman–Crippen MR) is 180 cm³/mol. The Bertz CT molecular complexity index is 1490. The first kappa shape index (κ1) is 35.9. The van der Waals surface area contributed by atoms with Gasteiger partial charge in [-0.3, -0.25) is 19.1 Å². The van der Waals surface area contributed by atoms with Gasteiger partial charge in [0.05, 0.1) is 13.2 Å². The van der Waals surface area contributed by atoms with E-state index < -0.39 is 71.8 Å². The van der Waals surface area contributed by atoms with Crippen LogP contribution in [0.1, 0.15) is 89.8 Å². The van der Waals surface area contributed by atoms with Crippen LogP contribution in [0.15, 0.2) is 30.9 Å². The molecule has 1 unspecified atom stereocenters. The average Bonchev–Trinajstić information content (AvgIpc) is 3.33. The van der Waals surface area contributed by atoms with Crippen molar-refractivity contribution in [1.82, 2.24) is 20.4 Å². The fourth-order valence-electron chi connectivity index (χ4n) is 7.26. The molecule has 2 fully saturated rings. The molecule has 1 aromatic carbocycles. The number of hydrogen-bond acceptors (Lipinski definition) is 7. The number of nitrogens with zero attached hydrogens (tertiary/aromatic N) is 2. The number of alkyl carbamates (subject to hydrolysis) is 1. The summed E-state index contributed by atoms with van der Waals surface area (Å²) >= 11 is 0. The molecule has 4 bridgehead atoms. The van der Waals surface area contributed by atoms with E-state index in [1.807, 2.05) is 12.1 Å². The van der Waals surface area contributed by atoms with Crippen molar-refractivity contribution in [2.45, 2.75) is 122 Å². The summed E-state index contributed by atoms with van der Waals surface area (Å²) in [6.07, 6.45) is 4.08. The second-order valence-corrected chi connectivity index (χ2v) is 18.2. The van der Waals surface area contributed by atoms with Crippen molar-refractivity contribution in [3.8, 4) is 0 Å². The largest absolute Gasteiger partial charge is 0.450 e. The number of aryl methyl sites for hydroxylation is 1. The highest BCUT2D eigenvalue weighted by molar-refractivity contribution is 7.60. The fourth-order valence-corrected chi connectivity index (χ4v) is 9.49. The maximum atomic E-state index is 14.3. The van der Waals surface area contributed by atoms with Crippen LogP contribution in [0, 0.1) is 11.3 Å². The minimum atomic E-state index is -3.90. The molecule has 13 heteroatoms. The number of carbonyl (C=O) groups excluding carboxylic acids is 4. The molecule has 3 N–H and O–H groups in total. The van der Waals surface area contributed by atoms with E-state index in [1.165, 1.54) is 10.5 Å². The summed E-state index contributed by atoms with van der Waals surface area (Å²) in [5, 5.41) is 4.18. The molecule has 1 aromatic rings. The lowest BCUT2D eigenvalue weighted by Gasteiger charge is -2.36. The zero-order valence-electron chi connectivity index (χ0n) is 28.8. The maximum absolute atomic E-state index is 14.3. The van der Waals surface area contributed by atoms with Crippen LogP contribution in [0.2, 0.25) is 0 Å². The lowest BCUT2D eigenvalue weighted by Crippen LogP contribution is -2.58. The van der Waals surface area contributed by atoms with Crippen molar-refractivity contribution >= 4 is 31.4 Å². The molecule has 48 heavy (non-hydrogen) atoms. The topological polar surface area (TPSA) is 155 Å². The number of carbonyl (C=O) groups is 4. The molecule has 1 aliphatic carbocycles. The van der Waals surface area contributed by atoms with Gasteiger partial charge in [0.15, 0.2) is 0 Å². The lowest BCUT2D eigenvalue weighted by molar-refractivity contribution is -0.142. The summed E-state index contributed by atoms with van der Waals surface area (Å²) in [6, 6.07) is 3.93. The van der Waals surface area contributed by atoms with E-state index in [9.17, 15) is 28.6 Å². The van der Waals surface area contributed by atoms with Crippen molar-refractivity contribution < 1.29 is 38.1 Å². The first-order valence-corrected chi connectivity index (χ1v) is 18.9. The minimum Gasteiger partial charge on any atom is -0.450 e. The van der Waals surface area contributed by atoms with Crippen LogP contribution in [0.3, 0.4) is 0 Å². The molecule has 4 amide bonds. The van der Waals surface area contributed by atoms with Gasteiger partial charge in [0, 0.05) is 31.1 Å². The summed E-state index contributed by atoms with van der Waals surface area (Å²) < 4.78 is 25.0. The fraction of sp³-hybridized carbons (Fsp3) is 0.657. The molecule has 0 radical (unpaired) electrons. The third-order valence-corrected chi connectivity index (χ3v) is 13.5. The molecule has 1 saturated carbocycles. The summed E-state index contributed by atoms with van der Waals surface area (Å²) in [4.78, 5) is 69.0. The van der Waals surface area contributed by atoms with Crippen LogP contribution in [0.4, 0.5) is 9.59 Å². The third kappa shape index (κ3) is 7.15. The lowest BCUT2D eigenvalue weighted by atomic mass is 9.85. The minimum absolute atomic E-state index is 0.0110. The Labute approximate surface area is 283 Å². The molecular formula is C35H51N4O8P. The van der Waals surface area contributed by atoms with Gasteiger partial charge in [0.25, 0.3) is 0 Å². The van der Waals surface area contributed by atoms with Crippen LogP contribution < -0.4 is 10.6 Å². The number of benzene rings is 1. The van der Waals surface area contributed by atoms with E-state index in [0.717, 1.165) is 36.8 Å². The van der Waals surface area contributed by atoms with Crippen LogP contribution >= 0.6 is 7.37 Å². The van der Waals surface area contributed by atoms with Crippen LogP contribution in [-0.4, -0.2) is 81.0 Å².